The first kappa shape index (κ1) is 10.8. The second kappa shape index (κ2) is 3.47. The summed E-state index contributed by atoms with van der Waals surface area (Å²) in [5.74, 6) is -4.14. The minimum Gasteiger partial charge on any atom is -0.481 e. The summed E-state index contributed by atoms with van der Waals surface area (Å²) >= 11 is 0. The number of alkyl halides is 3. The summed E-state index contributed by atoms with van der Waals surface area (Å²) in [6.07, 6.45) is -4.37. The van der Waals surface area contributed by atoms with Crippen LogP contribution < -0.4 is 5.32 Å². The van der Waals surface area contributed by atoms with E-state index in [0.717, 1.165) is 0 Å². The summed E-state index contributed by atoms with van der Waals surface area (Å²) in [5, 5.41) is 10.1. The molecule has 0 aromatic heterocycles. The van der Waals surface area contributed by atoms with Crippen molar-refractivity contribution in [1.29, 1.82) is 0 Å². The van der Waals surface area contributed by atoms with Crippen molar-refractivity contribution in [2.24, 2.45) is 5.92 Å². The Balaban J connectivity index is 2.47. The highest BCUT2D eigenvalue weighted by Gasteiger charge is 2.44. The molecule has 0 aliphatic heterocycles. The van der Waals surface area contributed by atoms with Gasteiger partial charge in [0.05, 0.1) is 5.92 Å². The number of carboxylic acid groups (broad SMARTS) is 1. The molecule has 1 aliphatic rings. The van der Waals surface area contributed by atoms with E-state index >= 15 is 0 Å². The van der Waals surface area contributed by atoms with Gasteiger partial charge in [-0.05, 0) is 12.8 Å². The lowest BCUT2D eigenvalue weighted by molar-refractivity contribution is -0.176. The predicted molar refractivity (Wildman–Crippen MR) is 38.3 cm³/mol. The number of hydrogen-bond acceptors (Lipinski definition) is 2. The molecule has 80 valence electrons. The molecule has 0 aromatic rings. The molecule has 1 fully saturated rings. The molecule has 1 saturated carbocycles. The van der Waals surface area contributed by atoms with Crippen LogP contribution in [0.3, 0.4) is 0 Å². The molecule has 0 spiro atoms. The minimum atomic E-state index is -4.95. The van der Waals surface area contributed by atoms with E-state index in [1.165, 1.54) is 0 Å². The van der Waals surface area contributed by atoms with E-state index in [-0.39, 0.29) is 6.42 Å². The summed E-state index contributed by atoms with van der Waals surface area (Å²) in [5.41, 5.74) is 0. The van der Waals surface area contributed by atoms with Gasteiger partial charge in [0.2, 0.25) is 0 Å². The first-order chi connectivity index (χ1) is 6.32. The van der Waals surface area contributed by atoms with E-state index in [2.05, 4.69) is 0 Å². The van der Waals surface area contributed by atoms with Crippen LogP contribution in [-0.2, 0) is 9.59 Å². The highest BCUT2D eigenvalue weighted by molar-refractivity contribution is 5.83. The van der Waals surface area contributed by atoms with Gasteiger partial charge in [-0.2, -0.15) is 13.2 Å². The Kier molecular flexibility index (Phi) is 2.68. The molecule has 0 heterocycles. The van der Waals surface area contributed by atoms with Gasteiger partial charge in [-0.25, -0.2) is 0 Å². The fourth-order valence-corrected chi connectivity index (χ4v) is 1.22. The third-order valence-corrected chi connectivity index (χ3v) is 2.17. The molecule has 2 N–H and O–H groups in total. The van der Waals surface area contributed by atoms with Crippen molar-refractivity contribution in [2.75, 3.05) is 0 Å². The third kappa shape index (κ3) is 2.15. The first-order valence-corrected chi connectivity index (χ1v) is 3.93. The third-order valence-electron chi connectivity index (χ3n) is 2.17. The smallest absolute Gasteiger partial charge is 0.471 e. The molecule has 0 unspecified atom stereocenters. The fourth-order valence-electron chi connectivity index (χ4n) is 1.22. The molecular weight excluding hydrogens is 203 g/mol. The molecule has 2 atom stereocenters. The maximum absolute atomic E-state index is 11.7. The second-order valence-electron chi connectivity index (χ2n) is 3.10. The second-order valence-corrected chi connectivity index (χ2v) is 3.10. The van der Waals surface area contributed by atoms with Crippen molar-refractivity contribution < 1.29 is 27.9 Å². The molecule has 1 aliphatic carbocycles. The zero-order chi connectivity index (χ0) is 10.9. The van der Waals surface area contributed by atoms with Gasteiger partial charge in [0.1, 0.15) is 0 Å². The molecule has 0 aromatic carbocycles. The van der Waals surface area contributed by atoms with Gasteiger partial charge in [0.25, 0.3) is 0 Å². The van der Waals surface area contributed by atoms with Gasteiger partial charge < -0.3 is 10.4 Å². The number of amides is 1. The summed E-state index contributed by atoms with van der Waals surface area (Å²) in [4.78, 5) is 20.8. The highest BCUT2D eigenvalue weighted by atomic mass is 19.4. The van der Waals surface area contributed by atoms with Gasteiger partial charge in [0.15, 0.2) is 0 Å². The number of rotatable bonds is 2. The summed E-state index contributed by atoms with van der Waals surface area (Å²) in [7, 11) is 0. The van der Waals surface area contributed by atoms with E-state index in [4.69, 9.17) is 5.11 Å². The zero-order valence-electron chi connectivity index (χ0n) is 6.97. The lowest BCUT2D eigenvalue weighted by Gasteiger charge is -2.33. The standard InChI is InChI=1S/C7H8F3NO3/c8-7(9,10)6(14)11-4-2-1-3(4)5(12)13/h3-4H,1-2H2,(H,11,14)(H,12,13)/t3-,4-/m1/s1. The average molecular weight is 211 g/mol. The van der Waals surface area contributed by atoms with E-state index in [1.807, 2.05) is 0 Å². The number of carbonyl (C=O) groups excluding carboxylic acids is 1. The SMILES string of the molecule is O=C(O)[C@@H]1CC[C@H]1NC(=O)C(F)(F)F. The predicted octanol–water partition coefficient (Wildman–Crippen LogP) is 0.528. The van der Waals surface area contributed by atoms with E-state index < -0.39 is 30.0 Å². The number of aliphatic carboxylic acids is 1. The Morgan fingerprint density at radius 1 is 1.29 bits per heavy atom. The molecule has 14 heavy (non-hydrogen) atoms. The van der Waals surface area contributed by atoms with Crippen LogP contribution >= 0.6 is 0 Å². The number of carboxylic acids is 1. The van der Waals surface area contributed by atoms with E-state index in [9.17, 15) is 22.8 Å². The Hall–Kier alpha value is -1.27. The zero-order valence-corrected chi connectivity index (χ0v) is 6.97. The van der Waals surface area contributed by atoms with Gasteiger partial charge in [-0.3, -0.25) is 9.59 Å². The van der Waals surface area contributed by atoms with Crippen molar-refractivity contribution in [1.82, 2.24) is 5.32 Å². The lowest BCUT2D eigenvalue weighted by Crippen LogP contribution is -2.53. The fraction of sp³-hybridized carbons (Fsp3) is 0.714. The number of nitrogens with one attached hydrogen (secondary N) is 1. The van der Waals surface area contributed by atoms with Crippen LogP contribution in [0.2, 0.25) is 0 Å². The van der Waals surface area contributed by atoms with Gasteiger partial charge in [-0.15, -0.1) is 0 Å². The van der Waals surface area contributed by atoms with Crippen molar-refractivity contribution in [3.63, 3.8) is 0 Å². The summed E-state index contributed by atoms with van der Waals surface area (Å²) < 4.78 is 35.2. The Morgan fingerprint density at radius 2 is 1.86 bits per heavy atom. The normalized spacial score (nSPS) is 26.5. The highest BCUT2D eigenvalue weighted by Crippen LogP contribution is 2.28. The van der Waals surface area contributed by atoms with Crippen LogP contribution in [0.15, 0.2) is 0 Å². The number of hydrogen-bond donors (Lipinski definition) is 2. The minimum absolute atomic E-state index is 0.277. The van der Waals surface area contributed by atoms with E-state index in [1.54, 1.807) is 5.32 Å². The lowest BCUT2D eigenvalue weighted by atomic mass is 9.79. The Labute approximate surface area is 77.1 Å². The largest absolute Gasteiger partial charge is 0.481 e. The summed E-state index contributed by atoms with van der Waals surface area (Å²) in [6.45, 7) is 0. The maximum Gasteiger partial charge on any atom is 0.471 e. The molecule has 1 amide bonds. The van der Waals surface area contributed by atoms with Crippen molar-refractivity contribution in [3.8, 4) is 0 Å². The van der Waals surface area contributed by atoms with Crippen LogP contribution in [0.4, 0.5) is 13.2 Å². The first-order valence-electron chi connectivity index (χ1n) is 3.93. The number of halogens is 3. The van der Waals surface area contributed by atoms with Gasteiger partial charge >= 0.3 is 18.1 Å². The van der Waals surface area contributed by atoms with Crippen LogP contribution in [0, 0.1) is 5.92 Å². The van der Waals surface area contributed by atoms with Crippen LogP contribution in [0.1, 0.15) is 12.8 Å². The topological polar surface area (TPSA) is 66.4 Å². The van der Waals surface area contributed by atoms with Crippen molar-refractivity contribution in [3.05, 3.63) is 0 Å². The molecular formula is C7H8F3NO3. The quantitative estimate of drug-likeness (QED) is 0.700. The maximum atomic E-state index is 11.7. The molecule has 0 saturated heterocycles. The van der Waals surface area contributed by atoms with Crippen LogP contribution in [0.5, 0.6) is 0 Å². The average Bonchev–Trinajstić information content (AvgIpc) is 1.94. The van der Waals surface area contributed by atoms with E-state index in [0.29, 0.717) is 6.42 Å². The molecule has 0 radical (unpaired) electrons. The van der Waals surface area contributed by atoms with Gasteiger partial charge in [0, 0.05) is 6.04 Å². The molecule has 7 heteroatoms. The Morgan fingerprint density at radius 3 is 2.14 bits per heavy atom. The van der Waals surface area contributed by atoms with Crippen molar-refractivity contribution in [2.45, 2.75) is 25.1 Å². The number of carbonyl (C=O) groups is 2. The summed E-state index contributed by atoms with van der Waals surface area (Å²) in [6, 6.07) is -0.887. The van der Waals surface area contributed by atoms with Crippen molar-refractivity contribution >= 4 is 11.9 Å². The van der Waals surface area contributed by atoms with Crippen LogP contribution in [-0.4, -0.2) is 29.2 Å². The van der Waals surface area contributed by atoms with Gasteiger partial charge in [-0.1, -0.05) is 0 Å². The Bertz CT molecular complexity index is 263. The molecule has 1 rings (SSSR count). The van der Waals surface area contributed by atoms with Crippen LogP contribution in [0.25, 0.3) is 0 Å². The molecule has 4 nitrogen and oxygen atoms in total. The molecule has 0 bridgehead atoms. The monoisotopic (exact) mass is 211 g/mol.